The fraction of sp³-hybridized carbons (Fsp3) is 0.533. The normalized spacial score (nSPS) is 20.6. The third-order valence-electron chi connectivity index (χ3n) is 3.56. The Balaban J connectivity index is 1.79. The summed E-state index contributed by atoms with van der Waals surface area (Å²) in [6, 6.07) is 7.55. The number of hydrogen-bond donors (Lipinski definition) is 1. The molecule has 1 saturated heterocycles. The highest BCUT2D eigenvalue weighted by Gasteiger charge is 2.22. The number of nitrogens with one attached hydrogen (secondary N) is 1. The van der Waals surface area contributed by atoms with Gasteiger partial charge in [0.15, 0.2) is 6.10 Å². The topological polar surface area (TPSA) is 41.6 Å². The van der Waals surface area contributed by atoms with Crippen molar-refractivity contribution < 1.29 is 9.53 Å². The highest BCUT2D eigenvalue weighted by molar-refractivity contribution is 9.10. The molecule has 1 N–H and O–H groups in total. The van der Waals surface area contributed by atoms with Crippen LogP contribution in [0.4, 0.5) is 0 Å². The zero-order valence-electron chi connectivity index (χ0n) is 11.9. The van der Waals surface area contributed by atoms with E-state index in [0.717, 1.165) is 30.5 Å². The Morgan fingerprint density at radius 3 is 2.95 bits per heavy atom. The van der Waals surface area contributed by atoms with Crippen LogP contribution in [0, 0.1) is 5.92 Å². The molecule has 1 aromatic rings. The Bertz CT molecular complexity index is 467. The molecule has 1 aliphatic rings. The molecule has 0 bridgehead atoms. The molecular weight excluding hydrogens is 320 g/mol. The van der Waals surface area contributed by atoms with Crippen LogP contribution in [0.15, 0.2) is 28.7 Å². The van der Waals surface area contributed by atoms with Crippen LogP contribution in [-0.4, -0.2) is 43.6 Å². The van der Waals surface area contributed by atoms with Crippen molar-refractivity contribution >= 4 is 21.8 Å². The van der Waals surface area contributed by atoms with Crippen molar-refractivity contribution in [2.75, 3.05) is 26.7 Å². The van der Waals surface area contributed by atoms with Crippen LogP contribution in [0.25, 0.3) is 0 Å². The van der Waals surface area contributed by atoms with E-state index in [9.17, 15) is 4.79 Å². The molecule has 0 aromatic heterocycles. The summed E-state index contributed by atoms with van der Waals surface area (Å²) >= 11 is 3.41. The van der Waals surface area contributed by atoms with Gasteiger partial charge in [0.1, 0.15) is 5.75 Å². The molecule has 1 amide bonds. The average molecular weight is 341 g/mol. The first kappa shape index (κ1) is 15.3. The molecule has 1 fully saturated rings. The third-order valence-corrected chi connectivity index (χ3v) is 4.22. The van der Waals surface area contributed by atoms with Crippen LogP contribution in [0.2, 0.25) is 0 Å². The van der Waals surface area contributed by atoms with Gasteiger partial charge < -0.3 is 15.0 Å². The lowest BCUT2D eigenvalue weighted by Crippen LogP contribution is -2.39. The molecule has 1 aromatic carbocycles. The second kappa shape index (κ2) is 7.09. The van der Waals surface area contributed by atoms with Gasteiger partial charge in [-0.2, -0.15) is 0 Å². The van der Waals surface area contributed by atoms with E-state index in [-0.39, 0.29) is 5.91 Å². The molecule has 5 heteroatoms. The van der Waals surface area contributed by atoms with Crippen LogP contribution in [0.3, 0.4) is 0 Å². The van der Waals surface area contributed by atoms with E-state index in [1.165, 1.54) is 0 Å². The van der Waals surface area contributed by atoms with Crippen molar-refractivity contribution in [1.29, 1.82) is 0 Å². The minimum Gasteiger partial charge on any atom is -0.480 e. The second-order valence-electron chi connectivity index (χ2n) is 5.35. The van der Waals surface area contributed by atoms with Gasteiger partial charge in [0.25, 0.3) is 5.91 Å². The number of hydrogen-bond acceptors (Lipinski definition) is 3. The van der Waals surface area contributed by atoms with E-state index in [1.54, 1.807) is 6.92 Å². The summed E-state index contributed by atoms with van der Waals surface area (Å²) < 4.78 is 6.53. The lowest BCUT2D eigenvalue weighted by Gasteiger charge is -2.17. The SMILES string of the molecule is C[C@H](Oc1ccccc1Br)C(=O)NC[C@@H]1CCN(C)C1. The van der Waals surface area contributed by atoms with Gasteiger partial charge in [-0.15, -0.1) is 0 Å². The van der Waals surface area contributed by atoms with Crippen LogP contribution >= 0.6 is 15.9 Å². The molecule has 110 valence electrons. The first-order valence-electron chi connectivity index (χ1n) is 6.93. The van der Waals surface area contributed by atoms with Gasteiger partial charge in [-0.3, -0.25) is 4.79 Å². The maximum absolute atomic E-state index is 12.0. The smallest absolute Gasteiger partial charge is 0.260 e. The molecule has 1 aliphatic heterocycles. The van der Waals surface area contributed by atoms with E-state index < -0.39 is 6.10 Å². The largest absolute Gasteiger partial charge is 0.480 e. The lowest BCUT2D eigenvalue weighted by atomic mass is 10.1. The summed E-state index contributed by atoms with van der Waals surface area (Å²) in [5.74, 6) is 1.19. The van der Waals surface area contributed by atoms with Crippen molar-refractivity contribution in [2.24, 2.45) is 5.92 Å². The number of ether oxygens (including phenoxy) is 1. The summed E-state index contributed by atoms with van der Waals surface area (Å²) in [6.07, 6.45) is 0.656. The van der Waals surface area contributed by atoms with E-state index in [2.05, 4.69) is 33.2 Å². The molecule has 2 atom stereocenters. The van der Waals surface area contributed by atoms with Crippen molar-refractivity contribution in [3.05, 3.63) is 28.7 Å². The highest BCUT2D eigenvalue weighted by Crippen LogP contribution is 2.24. The summed E-state index contributed by atoms with van der Waals surface area (Å²) in [5.41, 5.74) is 0. The molecular formula is C15H21BrN2O2. The number of likely N-dealkylation sites (tertiary alicyclic amines) is 1. The Morgan fingerprint density at radius 2 is 2.30 bits per heavy atom. The number of halogens is 1. The highest BCUT2D eigenvalue weighted by atomic mass is 79.9. The zero-order chi connectivity index (χ0) is 14.5. The zero-order valence-corrected chi connectivity index (χ0v) is 13.5. The van der Waals surface area contributed by atoms with Gasteiger partial charge in [0, 0.05) is 13.1 Å². The van der Waals surface area contributed by atoms with Crippen LogP contribution < -0.4 is 10.1 Å². The molecule has 0 spiro atoms. The quantitative estimate of drug-likeness (QED) is 0.894. The molecule has 2 rings (SSSR count). The number of nitrogens with zero attached hydrogens (tertiary/aromatic N) is 1. The Kier molecular flexibility index (Phi) is 5.43. The standard InChI is InChI=1S/C15H21BrN2O2/c1-11(20-14-6-4-3-5-13(14)16)15(19)17-9-12-7-8-18(2)10-12/h3-6,11-12H,7-10H2,1-2H3,(H,17,19)/t11-,12-/m0/s1. The van der Waals surface area contributed by atoms with Gasteiger partial charge >= 0.3 is 0 Å². The maximum Gasteiger partial charge on any atom is 0.260 e. The average Bonchev–Trinajstić information content (AvgIpc) is 2.84. The van der Waals surface area contributed by atoms with E-state index in [1.807, 2.05) is 24.3 Å². The molecule has 1 heterocycles. The number of rotatable bonds is 5. The summed E-state index contributed by atoms with van der Waals surface area (Å²) in [5, 5.41) is 2.98. The van der Waals surface area contributed by atoms with Gasteiger partial charge in [-0.1, -0.05) is 12.1 Å². The van der Waals surface area contributed by atoms with E-state index in [4.69, 9.17) is 4.74 Å². The van der Waals surface area contributed by atoms with Crippen molar-refractivity contribution in [2.45, 2.75) is 19.4 Å². The van der Waals surface area contributed by atoms with Crippen molar-refractivity contribution in [3.8, 4) is 5.75 Å². The molecule has 4 nitrogen and oxygen atoms in total. The van der Waals surface area contributed by atoms with Gasteiger partial charge in [-0.05, 0) is 60.9 Å². The number of benzene rings is 1. The fourth-order valence-corrected chi connectivity index (χ4v) is 2.74. The predicted octanol–water partition coefficient (Wildman–Crippen LogP) is 2.28. The molecule has 0 radical (unpaired) electrons. The van der Waals surface area contributed by atoms with Gasteiger partial charge in [0.2, 0.25) is 0 Å². The fourth-order valence-electron chi connectivity index (χ4n) is 2.37. The Morgan fingerprint density at radius 1 is 1.55 bits per heavy atom. The summed E-state index contributed by atoms with van der Waals surface area (Å²) in [7, 11) is 2.11. The maximum atomic E-state index is 12.0. The Labute approximate surface area is 128 Å². The predicted molar refractivity (Wildman–Crippen MR) is 82.8 cm³/mol. The second-order valence-corrected chi connectivity index (χ2v) is 6.21. The number of carbonyl (C=O) groups is 1. The molecule has 0 unspecified atom stereocenters. The number of amides is 1. The first-order valence-corrected chi connectivity index (χ1v) is 7.73. The minimum absolute atomic E-state index is 0.0599. The van der Waals surface area contributed by atoms with Crippen LogP contribution in [0.5, 0.6) is 5.75 Å². The van der Waals surface area contributed by atoms with Crippen LogP contribution in [0.1, 0.15) is 13.3 Å². The third kappa shape index (κ3) is 4.21. The van der Waals surface area contributed by atoms with Crippen LogP contribution in [-0.2, 0) is 4.79 Å². The lowest BCUT2D eigenvalue weighted by molar-refractivity contribution is -0.127. The first-order chi connectivity index (χ1) is 9.56. The van der Waals surface area contributed by atoms with E-state index in [0.29, 0.717) is 11.7 Å². The summed E-state index contributed by atoms with van der Waals surface area (Å²) in [6.45, 7) is 4.67. The molecule has 0 saturated carbocycles. The monoisotopic (exact) mass is 340 g/mol. The number of carbonyl (C=O) groups excluding carboxylic acids is 1. The van der Waals surface area contributed by atoms with Crippen molar-refractivity contribution in [3.63, 3.8) is 0 Å². The van der Waals surface area contributed by atoms with E-state index >= 15 is 0 Å². The molecule has 0 aliphatic carbocycles. The number of para-hydroxylation sites is 1. The van der Waals surface area contributed by atoms with Crippen molar-refractivity contribution in [1.82, 2.24) is 10.2 Å². The van der Waals surface area contributed by atoms with Gasteiger partial charge in [-0.25, -0.2) is 0 Å². The molecule has 20 heavy (non-hydrogen) atoms. The van der Waals surface area contributed by atoms with Gasteiger partial charge in [0.05, 0.1) is 4.47 Å². The summed E-state index contributed by atoms with van der Waals surface area (Å²) in [4.78, 5) is 14.3. The Hall–Kier alpha value is -1.07. The minimum atomic E-state index is -0.493.